The molecule has 1 atom stereocenters. The van der Waals surface area contributed by atoms with Crippen LogP contribution in [0.25, 0.3) is 5.69 Å². The summed E-state index contributed by atoms with van der Waals surface area (Å²) in [5, 5.41) is 6.98. The van der Waals surface area contributed by atoms with Crippen molar-refractivity contribution >= 4 is 5.91 Å². The van der Waals surface area contributed by atoms with Crippen LogP contribution in [0.3, 0.4) is 0 Å². The zero-order valence-corrected chi connectivity index (χ0v) is 15.3. The number of ether oxygens (including phenoxy) is 2. The van der Waals surface area contributed by atoms with E-state index in [-0.39, 0.29) is 18.3 Å². The molecule has 2 aromatic carbocycles. The summed E-state index contributed by atoms with van der Waals surface area (Å²) in [7, 11) is 0. The predicted octanol–water partition coefficient (Wildman–Crippen LogP) is 2.11. The topological polar surface area (TPSA) is 82.5 Å². The summed E-state index contributed by atoms with van der Waals surface area (Å²) < 4.78 is 13.0. The first kappa shape index (κ1) is 17.8. The Kier molecular flexibility index (Phi) is 4.80. The maximum atomic E-state index is 12.6. The highest BCUT2D eigenvalue weighted by Crippen LogP contribution is 2.30. The molecule has 1 aromatic heterocycles. The first-order valence-corrected chi connectivity index (χ1v) is 8.95. The summed E-state index contributed by atoms with van der Waals surface area (Å²) >= 11 is 0. The Balaban J connectivity index is 1.49. The van der Waals surface area contributed by atoms with Gasteiger partial charge in [0.25, 0.3) is 5.91 Å². The van der Waals surface area contributed by atoms with Gasteiger partial charge in [-0.05, 0) is 31.2 Å². The molecule has 0 saturated heterocycles. The van der Waals surface area contributed by atoms with E-state index >= 15 is 0 Å². The average molecular weight is 377 g/mol. The van der Waals surface area contributed by atoms with Gasteiger partial charge in [0.15, 0.2) is 17.2 Å². The van der Waals surface area contributed by atoms with Gasteiger partial charge in [0.2, 0.25) is 5.43 Å². The molecule has 3 aromatic rings. The van der Waals surface area contributed by atoms with Crippen molar-refractivity contribution in [1.82, 2.24) is 15.1 Å². The number of benzene rings is 2. The molecule has 1 aliphatic rings. The van der Waals surface area contributed by atoms with Gasteiger partial charge in [-0.2, -0.15) is 5.10 Å². The molecular weight excluding hydrogens is 358 g/mol. The second-order valence-corrected chi connectivity index (χ2v) is 6.45. The molecule has 7 heteroatoms. The van der Waals surface area contributed by atoms with E-state index in [0.717, 1.165) is 5.69 Å². The molecule has 0 fully saturated rings. The molecule has 2 heterocycles. The van der Waals surface area contributed by atoms with Gasteiger partial charge in [0.1, 0.15) is 12.7 Å². The van der Waals surface area contributed by atoms with Gasteiger partial charge in [-0.15, -0.1) is 0 Å². The largest absolute Gasteiger partial charge is 0.486 e. The van der Waals surface area contributed by atoms with Gasteiger partial charge in [-0.3, -0.25) is 9.59 Å². The predicted molar refractivity (Wildman–Crippen MR) is 103 cm³/mol. The highest BCUT2D eigenvalue weighted by Gasteiger charge is 2.22. The van der Waals surface area contributed by atoms with Crippen LogP contribution < -0.4 is 20.2 Å². The average Bonchev–Trinajstić information content (AvgIpc) is 2.72. The van der Waals surface area contributed by atoms with E-state index in [4.69, 9.17) is 9.47 Å². The van der Waals surface area contributed by atoms with Crippen LogP contribution in [-0.2, 0) is 0 Å². The second-order valence-electron chi connectivity index (χ2n) is 6.45. The number of hydrogen-bond donors (Lipinski definition) is 1. The summed E-state index contributed by atoms with van der Waals surface area (Å²) in [5.74, 6) is 0.765. The van der Waals surface area contributed by atoms with Gasteiger partial charge >= 0.3 is 0 Å². The van der Waals surface area contributed by atoms with E-state index in [9.17, 15) is 9.59 Å². The molecule has 0 aliphatic carbocycles. The fourth-order valence-electron chi connectivity index (χ4n) is 2.99. The number of nitrogens with one attached hydrogen (secondary N) is 1. The molecule has 28 heavy (non-hydrogen) atoms. The quantitative estimate of drug-likeness (QED) is 0.753. The van der Waals surface area contributed by atoms with Crippen molar-refractivity contribution in [3.05, 3.63) is 82.3 Å². The molecule has 0 spiro atoms. The minimum absolute atomic E-state index is 0.161. The van der Waals surface area contributed by atoms with Gasteiger partial charge < -0.3 is 14.8 Å². The Labute approximate surface area is 161 Å². The van der Waals surface area contributed by atoms with E-state index in [0.29, 0.717) is 23.8 Å². The SMILES string of the molecule is Cc1cc(=O)c(C(=O)NCC2COc3ccccc3O2)nn1-c1ccccc1. The number of carbonyl (C=O) groups excluding carboxylic acids is 1. The minimum Gasteiger partial charge on any atom is -0.486 e. The first-order valence-electron chi connectivity index (χ1n) is 8.95. The Hall–Kier alpha value is -3.61. The minimum atomic E-state index is -0.544. The molecular formula is C21H19N3O4. The number of aryl methyl sites for hydroxylation is 1. The number of para-hydroxylation sites is 3. The number of aromatic nitrogens is 2. The number of nitrogens with zero attached hydrogens (tertiary/aromatic N) is 2. The Morgan fingerprint density at radius 1 is 1.14 bits per heavy atom. The summed E-state index contributed by atoms with van der Waals surface area (Å²) in [6.45, 7) is 2.29. The fraction of sp³-hybridized carbons (Fsp3) is 0.190. The van der Waals surface area contributed by atoms with Crippen LogP contribution in [0.2, 0.25) is 0 Å². The Morgan fingerprint density at radius 3 is 2.64 bits per heavy atom. The molecule has 0 bridgehead atoms. The Bertz CT molecular complexity index is 1060. The highest BCUT2D eigenvalue weighted by molar-refractivity contribution is 5.92. The molecule has 4 rings (SSSR count). The monoisotopic (exact) mass is 377 g/mol. The van der Waals surface area contributed by atoms with Crippen LogP contribution >= 0.6 is 0 Å². The van der Waals surface area contributed by atoms with E-state index in [1.165, 1.54) is 6.07 Å². The maximum absolute atomic E-state index is 12.6. The van der Waals surface area contributed by atoms with E-state index in [1.54, 1.807) is 11.6 Å². The molecule has 1 aliphatic heterocycles. The standard InChI is InChI=1S/C21H19N3O4/c1-14-11-17(25)20(23-24(14)15-7-3-2-4-8-15)21(26)22-12-16-13-27-18-9-5-6-10-19(18)28-16/h2-11,16H,12-13H2,1H3,(H,22,26). The van der Waals surface area contributed by atoms with Crippen LogP contribution in [-0.4, -0.2) is 34.9 Å². The van der Waals surface area contributed by atoms with Crippen molar-refractivity contribution in [3.63, 3.8) is 0 Å². The molecule has 1 N–H and O–H groups in total. The van der Waals surface area contributed by atoms with Crippen molar-refractivity contribution in [3.8, 4) is 17.2 Å². The number of hydrogen-bond acceptors (Lipinski definition) is 5. The van der Waals surface area contributed by atoms with Crippen molar-refractivity contribution in [2.75, 3.05) is 13.2 Å². The number of fused-ring (bicyclic) bond motifs is 1. The van der Waals surface area contributed by atoms with Crippen molar-refractivity contribution in [1.29, 1.82) is 0 Å². The second kappa shape index (κ2) is 7.56. The van der Waals surface area contributed by atoms with Gasteiger partial charge in [0, 0.05) is 11.8 Å². The van der Waals surface area contributed by atoms with Gasteiger partial charge in [-0.25, -0.2) is 4.68 Å². The lowest BCUT2D eigenvalue weighted by atomic mass is 10.2. The van der Waals surface area contributed by atoms with Crippen LogP contribution in [0.4, 0.5) is 0 Å². The third kappa shape index (κ3) is 3.59. The third-order valence-electron chi connectivity index (χ3n) is 4.38. The highest BCUT2D eigenvalue weighted by atomic mass is 16.6. The summed E-state index contributed by atoms with van der Waals surface area (Å²) in [6.07, 6.45) is -0.347. The summed E-state index contributed by atoms with van der Waals surface area (Å²) in [6, 6.07) is 18.1. The normalized spacial score (nSPS) is 15.1. The van der Waals surface area contributed by atoms with Gasteiger partial charge in [0.05, 0.1) is 12.2 Å². The van der Waals surface area contributed by atoms with Gasteiger partial charge in [-0.1, -0.05) is 30.3 Å². The molecule has 0 saturated carbocycles. The van der Waals surface area contributed by atoms with E-state index < -0.39 is 11.3 Å². The van der Waals surface area contributed by atoms with Crippen molar-refractivity contribution in [2.24, 2.45) is 0 Å². The van der Waals surface area contributed by atoms with Crippen LogP contribution in [0, 0.1) is 6.92 Å². The lowest BCUT2D eigenvalue weighted by Gasteiger charge is -2.26. The molecule has 1 amide bonds. The molecule has 0 radical (unpaired) electrons. The zero-order chi connectivity index (χ0) is 19.5. The lowest BCUT2D eigenvalue weighted by molar-refractivity contribution is 0.0784. The fourth-order valence-corrected chi connectivity index (χ4v) is 2.99. The summed E-state index contributed by atoms with van der Waals surface area (Å²) in [5.41, 5.74) is 0.836. The van der Waals surface area contributed by atoms with Crippen LogP contribution in [0.5, 0.6) is 11.5 Å². The molecule has 1 unspecified atom stereocenters. The van der Waals surface area contributed by atoms with Crippen LogP contribution in [0.15, 0.2) is 65.5 Å². The Morgan fingerprint density at radius 2 is 1.86 bits per heavy atom. The smallest absolute Gasteiger partial charge is 0.275 e. The molecule has 142 valence electrons. The van der Waals surface area contributed by atoms with E-state index in [2.05, 4.69) is 10.4 Å². The molecule has 7 nitrogen and oxygen atoms in total. The van der Waals surface area contributed by atoms with E-state index in [1.807, 2.05) is 54.6 Å². The number of carbonyl (C=O) groups is 1. The number of amides is 1. The summed E-state index contributed by atoms with van der Waals surface area (Å²) in [4.78, 5) is 24.9. The van der Waals surface area contributed by atoms with Crippen LogP contribution in [0.1, 0.15) is 16.2 Å². The third-order valence-corrected chi connectivity index (χ3v) is 4.38. The number of rotatable bonds is 4. The zero-order valence-electron chi connectivity index (χ0n) is 15.3. The first-order chi connectivity index (χ1) is 13.6. The lowest BCUT2D eigenvalue weighted by Crippen LogP contribution is -2.42. The van der Waals surface area contributed by atoms with Crippen molar-refractivity contribution in [2.45, 2.75) is 13.0 Å². The maximum Gasteiger partial charge on any atom is 0.275 e. The van der Waals surface area contributed by atoms with Crippen molar-refractivity contribution < 1.29 is 14.3 Å².